The minimum Gasteiger partial charge on any atom is -0.487 e. The van der Waals surface area contributed by atoms with Gasteiger partial charge in [0, 0.05) is 11.2 Å². The zero-order valence-corrected chi connectivity index (χ0v) is 12.2. The molecule has 0 fully saturated rings. The first-order chi connectivity index (χ1) is 9.90. The number of pyridine rings is 1. The average Bonchev–Trinajstić information content (AvgIpc) is 2.45. The third-order valence-corrected chi connectivity index (χ3v) is 3.71. The predicted molar refractivity (Wildman–Crippen MR) is 76.1 cm³/mol. The van der Waals surface area contributed by atoms with Gasteiger partial charge in [-0.3, -0.25) is 0 Å². The number of benzene rings is 1. The van der Waals surface area contributed by atoms with Crippen LogP contribution in [0.3, 0.4) is 0 Å². The van der Waals surface area contributed by atoms with Gasteiger partial charge >= 0.3 is 0 Å². The molecule has 2 aromatic rings. The van der Waals surface area contributed by atoms with Crippen LogP contribution in [-0.2, 0) is 16.6 Å². The molecule has 6 nitrogen and oxygen atoms in total. The number of halogens is 1. The summed E-state index contributed by atoms with van der Waals surface area (Å²) in [4.78, 5) is 3.64. The number of aromatic nitrogens is 1. The van der Waals surface area contributed by atoms with Gasteiger partial charge in [-0.25, -0.2) is 18.5 Å². The van der Waals surface area contributed by atoms with Gasteiger partial charge in [0.1, 0.15) is 29.0 Å². The fourth-order valence-electron chi connectivity index (χ4n) is 1.61. The van der Waals surface area contributed by atoms with Gasteiger partial charge in [0.05, 0.1) is 0 Å². The summed E-state index contributed by atoms with van der Waals surface area (Å²) in [6.07, 6.45) is 1.47. The molecule has 0 aliphatic heterocycles. The van der Waals surface area contributed by atoms with Gasteiger partial charge in [0.25, 0.3) is 0 Å². The Balaban J connectivity index is 2.26. The Bertz CT molecular complexity index is 816. The van der Waals surface area contributed by atoms with E-state index in [9.17, 15) is 8.42 Å². The van der Waals surface area contributed by atoms with Crippen LogP contribution >= 0.6 is 11.6 Å². The maximum Gasteiger partial charge on any atom is 0.241 e. The molecular weight excluding hydrogens is 314 g/mol. The first-order valence-electron chi connectivity index (χ1n) is 5.70. The van der Waals surface area contributed by atoms with E-state index in [1.807, 2.05) is 6.07 Å². The summed E-state index contributed by atoms with van der Waals surface area (Å²) in [6.45, 7) is 0.0708. The highest BCUT2D eigenvalue weighted by Gasteiger charge is 2.16. The monoisotopic (exact) mass is 323 g/mol. The van der Waals surface area contributed by atoms with Gasteiger partial charge in [-0.1, -0.05) is 11.6 Å². The number of sulfonamides is 1. The second kappa shape index (κ2) is 6.10. The van der Waals surface area contributed by atoms with Crippen molar-refractivity contribution in [3.8, 4) is 11.8 Å². The molecule has 0 saturated carbocycles. The molecule has 0 saturated heterocycles. The Morgan fingerprint density at radius 3 is 2.76 bits per heavy atom. The summed E-state index contributed by atoms with van der Waals surface area (Å²) in [7, 11) is -3.95. The molecular formula is C13H10ClN3O3S. The summed E-state index contributed by atoms with van der Waals surface area (Å²) in [5.74, 6) is 0.0946. The highest BCUT2D eigenvalue weighted by atomic mass is 35.5. The fraction of sp³-hybridized carbons (Fsp3) is 0.0769. The van der Waals surface area contributed by atoms with Crippen molar-refractivity contribution >= 4 is 21.6 Å². The average molecular weight is 324 g/mol. The van der Waals surface area contributed by atoms with Crippen molar-refractivity contribution in [1.29, 1.82) is 5.26 Å². The zero-order chi connectivity index (χ0) is 15.5. The van der Waals surface area contributed by atoms with Gasteiger partial charge in [-0.05, 0) is 35.9 Å². The molecule has 0 radical (unpaired) electrons. The van der Waals surface area contributed by atoms with Crippen molar-refractivity contribution in [2.24, 2.45) is 5.14 Å². The Labute approximate surface area is 126 Å². The third-order valence-electron chi connectivity index (χ3n) is 2.55. The fourth-order valence-corrected chi connectivity index (χ4v) is 2.55. The molecule has 0 atom stereocenters. The van der Waals surface area contributed by atoms with E-state index in [-0.39, 0.29) is 28.0 Å². The van der Waals surface area contributed by atoms with Crippen molar-refractivity contribution in [3.05, 3.63) is 52.8 Å². The Morgan fingerprint density at radius 1 is 1.33 bits per heavy atom. The minimum atomic E-state index is -3.95. The van der Waals surface area contributed by atoms with E-state index in [4.69, 9.17) is 26.7 Å². The van der Waals surface area contributed by atoms with E-state index < -0.39 is 10.0 Å². The van der Waals surface area contributed by atoms with Crippen LogP contribution in [0.4, 0.5) is 0 Å². The van der Waals surface area contributed by atoms with Gasteiger partial charge in [0.15, 0.2) is 0 Å². The smallest absolute Gasteiger partial charge is 0.241 e. The molecule has 2 N–H and O–H groups in total. The first-order valence-corrected chi connectivity index (χ1v) is 7.63. The van der Waals surface area contributed by atoms with Gasteiger partial charge in [-0.2, -0.15) is 5.26 Å². The lowest BCUT2D eigenvalue weighted by Crippen LogP contribution is -2.14. The van der Waals surface area contributed by atoms with E-state index in [1.165, 1.54) is 24.4 Å². The van der Waals surface area contributed by atoms with E-state index in [0.717, 1.165) is 0 Å². The molecule has 0 unspecified atom stereocenters. The lowest BCUT2D eigenvalue weighted by atomic mass is 10.2. The molecule has 108 valence electrons. The van der Waals surface area contributed by atoms with Crippen LogP contribution in [-0.4, -0.2) is 13.4 Å². The van der Waals surface area contributed by atoms with Gasteiger partial charge in [-0.15, -0.1) is 0 Å². The van der Waals surface area contributed by atoms with Crippen LogP contribution in [0.2, 0.25) is 5.02 Å². The van der Waals surface area contributed by atoms with Gasteiger partial charge in [0.2, 0.25) is 10.0 Å². The molecule has 21 heavy (non-hydrogen) atoms. The number of hydrogen-bond donors (Lipinski definition) is 1. The molecule has 0 bridgehead atoms. The van der Waals surface area contributed by atoms with E-state index in [2.05, 4.69) is 4.98 Å². The Morgan fingerprint density at radius 2 is 2.10 bits per heavy atom. The maximum absolute atomic E-state index is 11.5. The van der Waals surface area contributed by atoms with Crippen molar-refractivity contribution in [2.45, 2.75) is 11.5 Å². The lowest BCUT2D eigenvalue weighted by Gasteiger charge is -2.10. The summed E-state index contributed by atoms with van der Waals surface area (Å²) in [5.41, 5.74) is 0.927. The van der Waals surface area contributed by atoms with E-state index >= 15 is 0 Å². The second-order valence-electron chi connectivity index (χ2n) is 4.09. The topological polar surface area (TPSA) is 106 Å². The highest BCUT2D eigenvalue weighted by molar-refractivity contribution is 7.89. The standard InChI is InChI=1S/C13H10ClN3O3S/c14-10-1-2-12(13(6-10)21(16,18)19)20-8-9-3-4-17-11(5-9)7-15/h1-6H,8H2,(H2,16,18,19). The normalized spacial score (nSPS) is 10.9. The van der Waals surface area contributed by atoms with Crippen LogP contribution in [0, 0.1) is 11.3 Å². The zero-order valence-electron chi connectivity index (χ0n) is 10.7. The van der Waals surface area contributed by atoms with Crippen LogP contribution in [0.25, 0.3) is 0 Å². The Hall–Kier alpha value is -2.14. The van der Waals surface area contributed by atoms with E-state index in [1.54, 1.807) is 12.1 Å². The largest absolute Gasteiger partial charge is 0.487 e. The number of nitrogens with zero attached hydrogens (tertiary/aromatic N) is 2. The highest BCUT2D eigenvalue weighted by Crippen LogP contribution is 2.27. The van der Waals surface area contributed by atoms with Crippen LogP contribution in [0.5, 0.6) is 5.75 Å². The number of ether oxygens (including phenoxy) is 1. The molecule has 8 heteroatoms. The Kier molecular flexibility index (Phi) is 4.43. The van der Waals surface area contributed by atoms with Crippen molar-refractivity contribution in [2.75, 3.05) is 0 Å². The third kappa shape index (κ3) is 3.92. The minimum absolute atomic E-state index is 0.0708. The molecule has 0 aliphatic rings. The van der Waals surface area contributed by atoms with Crippen molar-refractivity contribution in [3.63, 3.8) is 0 Å². The molecule has 1 aromatic carbocycles. The molecule has 2 rings (SSSR count). The second-order valence-corrected chi connectivity index (χ2v) is 6.05. The maximum atomic E-state index is 11.5. The summed E-state index contributed by atoms with van der Waals surface area (Å²) in [5, 5.41) is 14.1. The van der Waals surface area contributed by atoms with Crippen LogP contribution in [0.15, 0.2) is 41.4 Å². The first kappa shape index (κ1) is 15.3. The SMILES string of the molecule is N#Cc1cc(COc2ccc(Cl)cc2S(N)(=O)=O)ccn1. The summed E-state index contributed by atoms with van der Waals surface area (Å²) < 4.78 is 28.5. The van der Waals surface area contributed by atoms with E-state index in [0.29, 0.717) is 5.56 Å². The quantitative estimate of drug-likeness (QED) is 0.923. The number of primary sulfonamides is 1. The molecule has 1 aromatic heterocycles. The summed E-state index contributed by atoms with van der Waals surface area (Å²) >= 11 is 5.76. The molecule has 0 spiro atoms. The van der Waals surface area contributed by atoms with Crippen LogP contribution < -0.4 is 9.88 Å². The molecule has 1 heterocycles. The number of nitrogens with two attached hydrogens (primary N) is 1. The number of rotatable bonds is 4. The van der Waals surface area contributed by atoms with Gasteiger partial charge < -0.3 is 4.74 Å². The van der Waals surface area contributed by atoms with Crippen molar-refractivity contribution in [1.82, 2.24) is 4.98 Å². The van der Waals surface area contributed by atoms with Crippen molar-refractivity contribution < 1.29 is 13.2 Å². The number of nitriles is 1. The predicted octanol–water partition coefficient (Wildman–Crippen LogP) is 1.83. The van der Waals surface area contributed by atoms with Crippen LogP contribution in [0.1, 0.15) is 11.3 Å². The molecule has 0 aliphatic carbocycles. The molecule has 0 amide bonds. The lowest BCUT2D eigenvalue weighted by molar-refractivity contribution is 0.298. The summed E-state index contributed by atoms with van der Waals surface area (Å²) in [6, 6.07) is 9.26. The number of hydrogen-bond acceptors (Lipinski definition) is 5.